The zero-order chi connectivity index (χ0) is 21.5. The Bertz CT molecular complexity index is 824. The summed E-state index contributed by atoms with van der Waals surface area (Å²) in [7, 11) is 1.50. The van der Waals surface area contributed by atoms with E-state index < -0.39 is 17.8 Å². The quantitative estimate of drug-likeness (QED) is 0.363. The molecule has 7 nitrogen and oxygen atoms in total. The zero-order valence-electron chi connectivity index (χ0n) is 17.1. The molecule has 1 aromatic carbocycles. The van der Waals surface area contributed by atoms with E-state index in [1.54, 1.807) is 12.1 Å². The van der Waals surface area contributed by atoms with Crippen LogP contribution in [0.3, 0.4) is 0 Å². The molecule has 2 fully saturated rings. The number of hydrogen-bond donors (Lipinski definition) is 2. The number of unbranched alkanes of at least 4 members (excludes halogenated alkanes) is 1. The molecule has 2 N–H and O–H groups in total. The third kappa shape index (κ3) is 5.75. The van der Waals surface area contributed by atoms with Crippen LogP contribution < -0.4 is 20.1 Å². The van der Waals surface area contributed by atoms with Gasteiger partial charge in [0, 0.05) is 0 Å². The summed E-state index contributed by atoms with van der Waals surface area (Å²) in [5.41, 5.74) is 0.292. The summed E-state index contributed by atoms with van der Waals surface area (Å²) >= 11 is 6.37. The number of barbiturate groups is 1. The number of halogens is 1. The van der Waals surface area contributed by atoms with Crippen molar-refractivity contribution in [2.75, 3.05) is 13.7 Å². The standard InChI is InChI=1S/C22H27ClN2O5/c1-29-18-13-15(11-16-20(26)24-22(28)25-21(16)27)12-17(23)19(18)30-10-6-5-9-14-7-3-2-4-8-14/h11-14H,2-10H2,1H3,(H2,24,25,26,27,28). The molecule has 2 aliphatic rings. The lowest BCUT2D eigenvalue weighted by Crippen LogP contribution is -2.51. The molecule has 0 bridgehead atoms. The topological polar surface area (TPSA) is 93.7 Å². The molecular weight excluding hydrogens is 408 g/mol. The lowest BCUT2D eigenvalue weighted by molar-refractivity contribution is -0.123. The molecule has 8 heteroatoms. The second-order valence-electron chi connectivity index (χ2n) is 7.68. The number of rotatable bonds is 8. The fourth-order valence-electron chi connectivity index (χ4n) is 3.92. The normalized spacial score (nSPS) is 17.4. The molecule has 1 saturated carbocycles. The number of carbonyl (C=O) groups excluding carboxylic acids is 3. The minimum atomic E-state index is -0.843. The van der Waals surface area contributed by atoms with Crippen LogP contribution >= 0.6 is 11.6 Å². The first kappa shape index (κ1) is 22.2. The Labute approximate surface area is 181 Å². The van der Waals surface area contributed by atoms with Crippen LogP contribution in [0.4, 0.5) is 4.79 Å². The summed E-state index contributed by atoms with van der Waals surface area (Å²) in [5, 5.41) is 4.38. The third-order valence-corrected chi connectivity index (χ3v) is 5.76. The van der Waals surface area contributed by atoms with Crippen molar-refractivity contribution in [2.45, 2.75) is 51.4 Å². The van der Waals surface area contributed by atoms with Crippen LogP contribution in [0.2, 0.25) is 5.02 Å². The van der Waals surface area contributed by atoms with Crippen molar-refractivity contribution in [1.82, 2.24) is 10.6 Å². The lowest BCUT2D eigenvalue weighted by atomic mass is 9.86. The second-order valence-corrected chi connectivity index (χ2v) is 8.08. The van der Waals surface area contributed by atoms with E-state index in [-0.39, 0.29) is 5.57 Å². The highest BCUT2D eigenvalue weighted by Gasteiger charge is 2.28. The Hall–Kier alpha value is -2.54. The van der Waals surface area contributed by atoms with E-state index in [0.29, 0.717) is 28.7 Å². The van der Waals surface area contributed by atoms with Crippen molar-refractivity contribution in [1.29, 1.82) is 0 Å². The number of urea groups is 1. The SMILES string of the molecule is COc1cc(C=C2C(=O)NC(=O)NC2=O)cc(Cl)c1OCCCCC1CCCCC1. The number of imide groups is 2. The van der Waals surface area contributed by atoms with Gasteiger partial charge in [0.2, 0.25) is 0 Å². The largest absolute Gasteiger partial charge is 0.493 e. The highest BCUT2D eigenvalue weighted by atomic mass is 35.5. The van der Waals surface area contributed by atoms with Gasteiger partial charge in [-0.15, -0.1) is 0 Å². The number of benzene rings is 1. The van der Waals surface area contributed by atoms with Crippen molar-refractivity contribution in [3.63, 3.8) is 0 Å². The van der Waals surface area contributed by atoms with E-state index in [0.717, 1.165) is 18.8 Å². The summed E-state index contributed by atoms with van der Waals surface area (Å²) in [6.07, 6.45) is 11.4. The van der Waals surface area contributed by atoms with Gasteiger partial charge in [-0.3, -0.25) is 20.2 Å². The highest BCUT2D eigenvalue weighted by Crippen LogP contribution is 2.37. The smallest absolute Gasteiger partial charge is 0.328 e. The van der Waals surface area contributed by atoms with Gasteiger partial charge in [-0.25, -0.2) is 4.79 Å². The second kappa shape index (κ2) is 10.5. The van der Waals surface area contributed by atoms with Crippen molar-refractivity contribution in [3.8, 4) is 11.5 Å². The highest BCUT2D eigenvalue weighted by molar-refractivity contribution is 6.33. The van der Waals surface area contributed by atoms with Crippen LogP contribution in [0.25, 0.3) is 6.08 Å². The monoisotopic (exact) mass is 434 g/mol. The van der Waals surface area contributed by atoms with E-state index >= 15 is 0 Å². The van der Waals surface area contributed by atoms with E-state index in [1.165, 1.54) is 51.7 Å². The minimum absolute atomic E-state index is 0.191. The molecule has 4 amide bonds. The predicted molar refractivity (Wildman–Crippen MR) is 114 cm³/mol. The van der Waals surface area contributed by atoms with Gasteiger partial charge in [-0.2, -0.15) is 0 Å². The van der Waals surface area contributed by atoms with Crippen LogP contribution in [-0.4, -0.2) is 31.6 Å². The first-order chi connectivity index (χ1) is 14.5. The predicted octanol–water partition coefficient (Wildman–Crippen LogP) is 4.23. The van der Waals surface area contributed by atoms with E-state index in [2.05, 4.69) is 0 Å². The summed E-state index contributed by atoms with van der Waals surface area (Å²) in [6, 6.07) is 2.38. The summed E-state index contributed by atoms with van der Waals surface area (Å²) in [5.74, 6) is 0.170. The number of hydrogen-bond acceptors (Lipinski definition) is 5. The maximum Gasteiger partial charge on any atom is 0.328 e. The molecule has 0 aromatic heterocycles. The van der Waals surface area contributed by atoms with Crippen molar-refractivity contribution >= 4 is 35.5 Å². The molecule has 30 heavy (non-hydrogen) atoms. The Morgan fingerprint density at radius 2 is 1.77 bits per heavy atom. The van der Waals surface area contributed by atoms with Gasteiger partial charge in [0.25, 0.3) is 11.8 Å². The molecule has 162 valence electrons. The Balaban J connectivity index is 1.61. The Morgan fingerprint density at radius 1 is 1.07 bits per heavy atom. The van der Waals surface area contributed by atoms with Crippen molar-refractivity contribution < 1.29 is 23.9 Å². The number of carbonyl (C=O) groups is 3. The van der Waals surface area contributed by atoms with Crippen LogP contribution in [0.1, 0.15) is 56.9 Å². The van der Waals surface area contributed by atoms with Gasteiger partial charge in [-0.1, -0.05) is 50.1 Å². The first-order valence-corrected chi connectivity index (χ1v) is 10.7. The van der Waals surface area contributed by atoms with E-state index in [1.807, 2.05) is 10.6 Å². The summed E-state index contributed by atoms with van der Waals surface area (Å²) < 4.78 is 11.3. The van der Waals surface area contributed by atoms with Crippen LogP contribution in [0.15, 0.2) is 17.7 Å². The number of amides is 4. The van der Waals surface area contributed by atoms with Crippen LogP contribution in [0, 0.1) is 5.92 Å². The average Bonchev–Trinajstić information content (AvgIpc) is 2.72. The molecular formula is C22H27ClN2O5. The minimum Gasteiger partial charge on any atom is -0.493 e. The molecule has 1 aliphatic heterocycles. The maximum atomic E-state index is 11.9. The zero-order valence-corrected chi connectivity index (χ0v) is 17.8. The van der Waals surface area contributed by atoms with Gasteiger partial charge in [0.05, 0.1) is 18.7 Å². The fourth-order valence-corrected chi connectivity index (χ4v) is 4.20. The average molecular weight is 435 g/mol. The number of ether oxygens (including phenoxy) is 2. The van der Waals surface area contributed by atoms with Gasteiger partial charge >= 0.3 is 6.03 Å². The maximum absolute atomic E-state index is 11.9. The Kier molecular flexibility index (Phi) is 7.74. The molecule has 0 atom stereocenters. The fraction of sp³-hybridized carbons (Fsp3) is 0.500. The molecule has 1 aromatic rings. The summed E-state index contributed by atoms with van der Waals surface area (Å²) in [6.45, 7) is 0.538. The van der Waals surface area contributed by atoms with Gasteiger partial charge in [-0.05, 0) is 42.5 Å². The van der Waals surface area contributed by atoms with Gasteiger partial charge in [0.1, 0.15) is 5.57 Å². The molecule has 1 saturated heterocycles. The lowest BCUT2D eigenvalue weighted by Gasteiger charge is -2.21. The van der Waals surface area contributed by atoms with E-state index in [4.69, 9.17) is 21.1 Å². The molecule has 0 radical (unpaired) electrons. The molecule has 3 rings (SSSR count). The molecule has 1 aliphatic carbocycles. The molecule has 1 heterocycles. The molecule has 0 unspecified atom stereocenters. The first-order valence-electron chi connectivity index (χ1n) is 10.4. The number of nitrogens with one attached hydrogen (secondary N) is 2. The van der Waals surface area contributed by atoms with Crippen molar-refractivity contribution in [2.24, 2.45) is 5.92 Å². The van der Waals surface area contributed by atoms with Crippen LogP contribution in [-0.2, 0) is 9.59 Å². The summed E-state index contributed by atoms with van der Waals surface area (Å²) in [4.78, 5) is 35.0. The van der Waals surface area contributed by atoms with Crippen LogP contribution in [0.5, 0.6) is 11.5 Å². The van der Waals surface area contributed by atoms with Gasteiger partial charge < -0.3 is 9.47 Å². The number of methoxy groups -OCH3 is 1. The van der Waals surface area contributed by atoms with Crippen molar-refractivity contribution in [3.05, 3.63) is 28.3 Å². The van der Waals surface area contributed by atoms with E-state index in [9.17, 15) is 14.4 Å². The third-order valence-electron chi connectivity index (χ3n) is 5.48. The van der Waals surface area contributed by atoms with Gasteiger partial charge in [0.15, 0.2) is 11.5 Å². The molecule has 0 spiro atoms. The Morgan fingerprint density at radius 3 is 2.43 bits per heavy atom.